The van der Waals surface area contributed by atoms with Crippen LogP contribution in [-0.4, -0.2) is 83.2 Å². The van der Waals surface area contributed by atoms with Crippen molar-refractivity contribution in [3.05, 3.63) is 0 Å². The minimum Gasteiger partial charge on any atom is -0.547 e. The molecule has 0 saturated carbocycles. The molecule has 72 valence electrons. The van der Waals surface area contributed by atoms with E-state index >= 15 is 0 Å². The molecule has 0 fully saturated rings. The van der Waals surface area contributed by atoms with Crippen molar-refractivity contribution < 1.29 is 30.0 Å². The maximum absolute atomic E-state index is 9.34. The molecule has 2 atom stereocenters. The molecular weight excluding hydrogens is 305 g/mol. The number of carbonyl (C=O) groups excluding carboxylic acids is 2. The van der Waals surface area contributed by atoms with Crippen LogP contribution in [0.2, 0.25) is 0 Å². The number of carbonyl (C=O) groups is 2. The first-order valence-corrected chi connectivity index (χ1v) is 3.06. The number of aliphatic carboxylic acids is 2. The third-order valence-electron chi connectivity index (χ3n) is 0.682. The molecule has 2 unspecified atom stereocenters. The van der Waals surface area contributed by atoms with Gasteiger partial charge in [0.25, 0.3) is 0 Å². The van der Waals surface area contributed by atoms with Crippen molar-refractivity contribution in [3.63, 3.8) is 0 Å². The van der Waals surface area contributed by atoms with Gasteiger partial charge in [0.2, 0.25) is 0 Å². The Kier molecular flexibility index (Phi) is 15.4. The average molecular weight is 315 g/mol. The second-order valence-electron chi connectivity index (χ2n) is 1.99. The van der Waals surface area contributed by atoms with E-state index in [4.69, 9.17) is 10.2 Å². The molecule has 2 N–H and O–H groups in total. The Bertz CT molecular complexity index is 137. The van der Waals surface area contributed by atoms with Crippen LogP contribution in [-0.2, 0) is 9.59 Å². The summed E-state index contributed by atoms with van der Waals surface area (Å²) in [5.41, 5.74) is 0. The van der Waals surface area contributed by atoms with Crippen LogP contribution in [0.1, 0.15) is 13.8 Å². The fraction of sp³-hybridized carbons (Fsp3) is 0.667. The molecule has 6 nitrogen and oxygen atoms in total. The molecule has 0 saturated heterocycles. The Morgan fingerprint density at radius 3 is 1.08 bits per heavy atom. The Hall–Kier alpha value is 0.431. The molecule has 0 bridgehead atoms. The van der Waals surface area contributed by atoms with Crippen LogP contribution in [0.4, 0.5) is 0 Å². The summed E-state index contributed by atoms with van der Waals surface area (Å²) in [7, 11) is 0. The summed E-state index contributed by atoms with van der Waals surface area (Å²) in [4.78, 5) is 18.7. The molecular formula is C6H10BaO6. The predicted molar refractivity (Wildman–Crippen MR) is 39.1 cm³/mol. The molecule has 0 rings (SSSR count). The van der Waals surface area contributed by atoms with Crippen LogP contribution in [0.15, 0.2) is 0 Å². The molecule has 13 heavy (non-hydrogen) atoms. The molecule has 0 radical (unpaired) electrons. The number of aliphatic hydroxyl groups excluding tert-OH is 2. The fourth-order valence-electron chi connectivity index (χ4n) is 0. The van der Waals surface area contributed by atoms with E-state index in [2.05, 4.69) is 0 Å². The summed E-state index contributed by atoms with van der Waals surface area (Å²) in [6.07, 6.45) is -2.69. The van der Waals surface area contributed by atoms with E-state index in [0.717, 1.165) is 13.8 Å². The second-order valence-corrected chi connectivity index (χ2v) is 1.99. The van der Waals surface area contributed by atoms with Crippen LogP contribution in [0.3, 0.4) is 0 Å². The first-order chi connectivity index (χ1) is 5.29. The molecule has 0 spiro atoms. The van der Waals surface area contributed by atoms with Crippen LogP contribution >= 0.6 is 0 Å². The number of aliphatic hydroxyl groups is 2. The van der Waals surface area contributed by atoms with Gasteiger partial charge < -0.3 is 30.0 Å². The molecule has 0 aliphatic carbocycles. The number of hydrogen-bond acceptors (Lipinski definition) is 6. The minimum absolute atomic E-state index is 0. The van der Waals surface area contributed by atoms with Gasteiger partial charge in [-0.15, -0.1) is 0 Å². The van der Waals surface area contributed by atoms with Gasteiger partial charge in [-0.1, -0.05) is 0 Å². The van der Waals surface area contributed by atoms with Crippen molar-refractivity contribution in [1.82, 2.24) is 0 Å². The summed E-state index contributed by atoms with van der Waals surface area (Å²) in [5.74, 6) is -2.87. The predicted octanol–water partition coefficient (Wildman–Crippen LogP) is -4.15. The van der Waals surface area contributed by atoms with E-state index in [1.54, 1.807) is 0 Å². The van der Waals surface area contributed by atoms with Crippen LogP contribution in [0.5, 0.6) is 0 Å². The van der Waals surface area contributed by atoms with Gasteiger partial charge in [0.05, 0.1) is 24.1 Å². The number of hydrogen-bond donors (Lipinski definition) is 2. The smallest absolute Gasteiger partial charge is 0.547 e. The quantitative estimate of drug-likeness (QED) is 0.499. The van der Waals surface area contributed by atoms with Gasteiger partial charge in [-0.3, -0.25) is 0 Å². The van der Waals surface area contributed by atoms with Crippen LogP contribution < -0.4 is 10.2 Å². The van der Waals surface area contributed by atoms with Crippen molar-refractivity contribution >= 4 is 60.8 Å². The monoisotopic (exact) mass is 316 g/mol. The summed E-state index contributed by atoms with van der Waals surface area (Å²) in [5, 5.41) is 34.6. The zero-order valence-corrected chi connectivity index (χ0v) is 11.8. The third kappa shape index (κ3) is 19.0. The fourth-order valence-corrected chi connectivity index (χ4v) is 0. The Balaban J connectivity index is -0.000000143. The summed E-state index contributed by atoms with van der Waals surface area (Å²) in [6, 6.07) is 0. The Labute approximate surface area is 116 Å². The number of carboxylic acid groups (broad SMARTS) is 2. The van der Waals surface area contributed by atoms with Crippen molar-refractivity contribution in [3.8, 4) is 0 Å². The van der Waals surface area contributed by atoms with Crippen molar-refractivity contribution in [2.24, 2.45) is 0 Å². The molecule has 0 aromatic heterocycles. The standard InChI is InChI=1S/2C3H6O3.Ba/c2*1-2(4)3(5)6;/h2*2,4H,1H3,(H,5,6);/q;;+2/p-2. The van der Waals surface area contributed by atoms with Crippen LogP contribution in [0, 0.1) is 0 Å². The van der Waals surface area contributed by atoms with Gasteiger partial charge in [0.1, 0.15) is 0 Å². The van der Waals surface area contributed by atoms with Gasteiger partial charge in [-0.25, -0.2) is 0 Å². The summed E-state index contributed by atoms with van der Waals surface area (Å²) >= 11 is 0. The Morgan fingerprint density at radius 2 is 1.08 bits per heavy atom. The minimum atomic E-state index is -1.44. The van der Waals surface area contributed by atoms with E-state index in [9.17, 15) is 19.8 Å². The zero-order valence-electron chi connectivity index (χ0n) is 7.39. The molecule has 7 heteroatoms. The largest absolute Gasteiger partial charge is 2.00 e. The van der Waals surface area contributed by atoms with Gasteiger partial charge in [-0.05, 0) is 13.8 Å². The van der Waals surface area contributed by atoms with E-state index in [-0.39, 0.29) is 48.9 Å². The van der Waals surface area contributed by atoms with Gasteiger partial charge >= 0.3 is 48.9 Å². The average Bonchev–Trinajstić information content (AvgIpc) is 1.88. The van der Waals surface area contributed by atoms with Crippen molar-refractivity contribution in [2.45, 2.75) is 26.1 Å². The Morgan fingerprint density at radius 1 is 1.00 bits per heavy atom. The molecule has 0 aliphatic heterocycles. The number of carboxylic acids is 2. The first-order valence-electron chi connectivity index (χ1n) is 3.06. The topological polar surface area (TPSA) is 121 Å². The molecule has 0 aromatic carbocycles. The van der Waals surface area contributed by atoms with Gasteiger partial charge in [-0.2, -0.15) is 0 Å². The van der Waals surface area contributed by atoms with E-state index in [1.165, 1.54) is 0 Å². The maximum Gasteiger partial charge on any atom is 2.00 e. The second kappa shape index (κ2) is 10.5. The van der Waals surface area contributed by atoms with E-state index in [1.807, 2.05) is 0 Å². The zero-order chi connectivity index (χ0) is 10.3. The molecule has 0 heterocycles. The van der Waals surface area contributed by atoms with Gasteiger partial charge in [0.15, 0.2) is 0 Å². The van der Waals surface area contributed by atoms with Gasteiger partial charge in [0, 0.05) is 0 Å². The SMILES string of the molecule is CC(O)C(=O)[O-].CC(O)C(=O)[O-].[Ba+2]. The van der Waals surface area contributed by atoms with Crippen LogP contribution in [0.25, 0.3) is 0 Å². The van der Waals surface area contributed by atoms with E-state index < -0.39 is 24.1 Å². The summed E-state index contributed by atoms with van der Waals surface area (Å²) < 4.78 is 0. The summed E-state index contributed by atoms with van der Waals surface area (Å²) in [6.45, 7) is 2.27. The third-order valence-corrected chi connectivity index (χ3v) is 0.682. The molecule has 0 aliphatic rings. The van der Waals surface area contributed by atoms with Crippen molar-refractivity contribution in [1.29, 1.82) is 0 Å². The maximum atomic E-state index is 9.34. The van der Waals surface area contributed by atoms with Crippen molar-refractivity contribution in [2.75, 3.05) is 0 Å². The first kappa shape index (κ1) is 19.1. The molecule has 0 aromatic rings. The molecule has 0 amide bonds. The normalized spacial score (nSPS) is 12.6. The van der Waals surface area contributed by atoms with E-state index in [0.29, 0.717) is 0 Å². The number of rotatable bonds is 2.